The standard InChI is InChI=1S/C16H12N2O3S2/c1-18-14(19)13(23-16(18)17)7-12-6-11(8-22-12)9-3-2-4-10(5-9)15(20)21/h2-8,17H,1H3,(H,20,21)/b13-7-,17-16?. The van der Waals surface area contributed by atoms with Crippen molar-refractivity contribution in [1.29, 1.82) is 5.41 Å². The van der Waals surface area contributed by atoms with E-state index in [1.807, 2.05) is 17.5 Å². The van der Waals surface area contributed by atoms with Gasteiger partial charge in [-0.2, -0.15) is 0 Å². The molecule has 2 N–H and O–H groups in total. The Kier molecular flexibility index (Phi) is 4.06. The third-order valence-corrected chi connectivity index (χ3v) is 5.22. The molecule has 0 atom stereocenters. The van der Waals surface area contributed by atoms with Crippen molar-refractivity contribution in [1.82, 2.24) is 4.90 Å². The molecule has 0 bridgehead atoms. The molecule has 1 aliphatic rings. The van der Waals surface area contributed by atoms with Gasteiger partial charge in [0.1, 0.15) is 0 Å². The van der Waals surface area contributed by atoms with Crippen molar-refractivity contribution in [3.63, 3.8) is 0 Å². The van der Waals surface area contributed by atoms with E-state index in [4.69, 9.17) is 10.5 Å². The van der Waals surface area contributed by atoms with Crippen LogP contribution in [0, 0.1) is 5.41 Å². The van der Waals surface area contributed by atoms with Gasteiger partial charge >= 0.3 is 5.97 Å². The quantitative estimate of drug-likeness (QED) is 0.834. The largest absolute Gasteiger partial charge is 0.478 e. The predicted octanol–water partition coefficient (Wildman–Crippen LogP) is 3.59. The zero-order valence-corrected chi connectivity index (χ0v) is 13.7. The minimum atomic E-state index is -0.959. The van der Waals surface area contributed by atoms with E-state index in [1.54, 1.807) is 31.3 Å². The van der Waals surface area contributed by atoms with Crippen LogP contribution in [-0.4, -0.2) is 34.1 Å². The molecular formula is C16H12N2O3S2. The minimum absolute atomic E-state index is 0.178. The number of hydrogen-bond donors (Lipinski definition) is 2. The zero-order chi connectivity index (χ0) is 16.6. The first kappa shape index (κ1) is 15.5. The minimum Gasteiger partial charge on any atom is -0.478 e. The van der Waals surface area contributed by atoms with Crippen LogP contribution < -0.4 is 0 Å². The number of benzene rings is 1. The third kappa shape index (κ3) is 3.06. The van der Waals surface area contributed by atoms with Crippen LogP contribution >= 0.6 is 23.1 Å². The summed E-state index contributed by atoms with van der Waals surface area (Å²) in [6.07, 6.45) is 1.76. The molecule has 2 aromatic rings. The summed E-state index contributed by atoms with van der Waals surface area (Å²) in [6.45, 7) is 0. The van der Waals surface area contributed by atoms with E-state index in [-0.39, 0.29) is 16.6 Å². The number of amides is 1. The van der Waals surface area contributed by atoms with Crippen molar-refractivity contribution in [2.24, 2.45) is 0 Å². The smallest absolute Gasteiger partial charge is 0.335 e. The van der Waals surface area contributed by atoms with Gasteiger partial charge in [0.25, 0.3) is 5.91 Å². The van der Waals surface area contributed by atoms with Gasteiger partial charge in [-0.05, 0) is 52.5 Å². The summed E-state index contributed by atoms with van der Waals surface area (Å²) < 4.78 is 0. The first-order valence-corrected chi connectivity index (χ1v) is 8.34. The molecule has 1 aromatic heterocycles. The molecular weight excluding hydrogens is 332 g/mol. The van der Waals surface area contributed by atoms with Gasteiger partial charge in [-0.1, -0.05) is 12.1 Å². The maximum Gasteiger partial charge on any atom is 0.335 e. The highest BCUT2D eigenvalue weighted by atomic mass is 32.2. The number of thioether (sulfide) groups is 1. The van der Waals surface area contributed by atoms with Crippen LogP contribution in [0.2, 0.25) is 0 Å². The topological polar surface area (TPSA) is 81.5 Å². The number of carbonyl (C=O) groups excluding carboxylic acids is 1. The van der Waals surface area contributed by atoms with Crippen LogP contribution in [-0.2, 0) is 4.79 Å². The summed E-state index contributed by atoms with van der Waals surface area (Å²) in [5.74, 6) is -1.14. The number of hydrogen-bond acceptors (Lipinski definition) is 5. The van der Waals surface area contributed by atoms with Gasteiger partial charge in [-0.25, -0.2) is 4.79 Å². The Balaban J connectivity index is 1.90. The van der Waals surface area contributed by atoms with Crippen LogP contribution in [0.15, 0.2) is 40.6 Å². The summed E-state index contributed by atoms with van der Waals surface area (Å²) in [4.78, 5) is 25.7. The van der Waals surface area contributed by atoms with E-state index in [2.05, 4.69) is 0 Å². The second kappa shape index (κ2) is 6.02. The third-order valence-electron chi connectivity index (χ3n) is 3.36. The lowest BCUT2D eigenvalue weighted by Gasteiger charge is -2.03. The van der Waals surface area contributed by atoms with Gasteiger partial charge in [0.05, 0.1) is 10.5 Å². The highest BCUT2D eigenvalue weighted by Crippen LogP contribution is 2.33. The maximum absolute atomic E-state index is 12.0. The highest BCUT2D eigenvalue weighted by molar-refractivity contribution is 8.18. The number of carboxylic acid groups (broad SMARTS) is 1. The van der Waals surface area contributed by atoms with Crippen molar-refractivity contribution in [2.75, 3.05) is 7.05 Å². The number of aromatic carboxylic acids is 1. The second-order valence-electron chi connectivity index (χ2n) is 4.90. The van der Waals surface area contributed by atoms with Gasteiger partial charge in [0.2, 0.25) is 0 Å². The average molecular weight is 344 g/mol. The van der Waals surface area contributed by atoms with Crippen molar-refractivity contribution < 1.29 is 14.7 Å². The molecule has 116 valence electrons. The fraction of sp³-hybridized carbons (Fsp3) is 0.0625. The van der Waals surface area contributed by atoms with Crippen LogP contribution in [0.25, 0.3) is 17.2 Å². The fourth-order valence-electron chi connectivity index (χ4n) is 2.11. The number of thiophene rings is 1. The number of amidine groups is 1. The summed E-state index contributed by atoms with van der Waals surface area (Å²) >= 11 is 2.61. The van der Waals surface area contributed by atoms with Crippen molar-refractivity contribution >= 4 is 46.2 Å². The monoisotopic (exact) mass is 344 g/mol. The van der Waals surface area contributed by atoms with E-state index in [9.17, 15) is 9.59 Å². The summed E-state index contributed by atoms with van der Waals surface area (Å²) in [5, 5.41) is 18.9. The number of nitrogens with zero attached hydrogens (tertiary/aromatic N) is 1. The molecule has 7 heteroatoms. The van der Waals surface area contributed by atoms with Crippen molar-refractivity contribution in [3.8, 4) is 11.1 Å². The molecule has 1 fully saturated rings. The molecule has 1 aliphatic heterocycles. The van der Waals surface area contributed by atoms with Crippen molar-refractivity contribution in [2.45, 2.75) is 0 Å². The number of carbonyl (C=O) groups is 2. The van der Waals surface area contributed by atoms with Crippen LogP contribution in [0.5, 0.6) is 0 Å². The first-order valence-electron chi connectivity index (χ1n) is 6.64. The molecule has 0 unspecified atom stereocenters. The molecule has 0 saturated carbocycles. The van der Waals surface area contributed by atoms with Gasteiger partial charge in [0.15, 0.2) is 5.17 Å². The van der Waals surface area contributed by atoms with E-state index >= 15 is 0 Å². The molecule has 23 heavy (non-hydrogen) atoms. The molecule has 1 saturated heterocycles. The Labute approximate surface area is 140 Å². The molecule has 1 aromatic carbocycles. The lowest BCUT2D eigenvalue weighted by molar-refractivity contribution is -0.121. The predicted molar refractivity (Wildman–Crippen MR) is 92.8 cm³/mol. The van der Waals surface area contributed by atoms with Crippen LogP contribution in [0.4, 0.5) is 0 Å². The first-order chi connectivity index (χ1) is 11.0. The van der Waals surface area contributed by atoms with Gasteiger partial charge in [-0.15, -0.1) is 11.3 Å². The molecule has 0 aliphatic carbocycles. The Bertz CT molecular complexity index is 855. The number of carboxylic acids is 1. The lowest BCUT2D eigenvalue weighted by Crippen LogP contribution is -2.22. The Morgan fingerprint density at radius 2 is 2.09 bits per heavy atom. The Morgan fingerprint density at radius 3 is 2.74 bits per heavy atom. The molecule has 3 rings (SSSR count). The fourth-order valence-corrected chi connectivity index (χ4v) is 3.87. The average Bonchev–Trinajstić information content (AvgIpc) is 3.09. The van der Waals surface area contributed by atoms with Gasteiger partial charge in [0, 0.05) is 11.9 Å². The SMILES string of the molecule is CN1C(=N)S/C(=C\c2cc(-c3cccc(C(=O)O)c3)cs2)C1=O. The molecule has 5 nitrogen and oxygen atoms in total. The normalized spacial score (nSPS) is 16.4. The lowest BCUT2D eigenvalue weighted by atomic mass is 10.1. The number of likely N-dealkylation sites (N-methyl/N-ethyl adjacent to an activating group) is 1. The molecule has 0 radical (unpaired) electrons. The molecule has 2 heterocycles. The summed E-state index contributed by atoms with van der Waals surface area (Å²) in [5.41, 5.74) is 1.97. The number of nitrogens with one attached hydrogen (secondary N) is 1. The second-order valence-corrected chi connectivity index (χ2v) is 6.88. The molecule has 1 amide bonds. The van der Waals surface area contributed by atoms with Gasteiger partial charge in [-0.3, -0.25) is 15.1 Å². The Hall–Kier alpha value is -2.38. The van der Waals surface area contributed by atoms with E-state index < -0.39 is 5.97 Å². The van der Waals surface area contributed by atoms with Crippen LogP contribution in [0.1, 0.15) is 15.2 Å². The molecule has 0 spiro atoms. The summed E-state index contributed by atoms with van der Waals surface area (Å²) in [6, 6.07) is 8.65. The summed E-state index contributed by atoms with van der Waals surface area (Å²) in [7, 11) is 1.58. The van der Waals surface area contributed by atoms with Crippen molar-refractivity contribution in [3.05, 3.63) is 51.1 Å². The van der Waals surface area contributed by atoms with E-state index in [0.29, 0.717) is 4.91 Å². The Morgan fingerprint density at radius 1 is 1.30 bits per heavy atom. The van der Waals surface area contributed by atoms with Crippen LogP contribution in [0.3, 0.4) is 0 Å². The van der Waals surface area contributed by atoms with Gasteiger partial charge < -0.3 is 5.11 Å². The number of rotatable bonds is 3. The van der Waals surface area contributed by atoms with E-state index in [1.165, 1.54) is 16.2 Å². The van der Waals surface area contributed by atoms with E-state index in [0.717, 1.165) is 27.8 Å². The maximum atomic E-state index is 12.0. The highest BCUT2D eigenvalue weighted by Gasteiger charge is 2.28. The zero-order valence-electron chi connectivity index (χ0n) is 12.1.